The number of amidine groups is 1. The molecule has 1 N–H and O–H groups in total. The van der Waals surface area contributed by atoms with E-state index in [2.05, 4.69) is 15.2 Å². The van der Waals surface area contributed by atoms with Crippen molar-refractivity contribution in [1.82, 2.24) is 15.2 Å². The molecule has 0 bridgehead atoms. The number of nitrogens with one attached hydrogen (secondary N) is 1. The van der Waals surface area contributed by atoms with Crippen molar-refractivity contribution in [2.45, 2.75) is 39.0 Å². The number of aromatic nitrogens is 1. The highest BCUT2D eigenvalue weighted by Crippen LogP contribution is 2.37. The highest BCUT2D eigenvalue weighted by atomic mass is 35.5. The molecule has 1 saturated heterocycles. The molecule has 1 aromatic carbocycles. The number of esters is 2. The summed E-state index contributed by atoms with van der Waals surface area (Å²) in [6.45, 7) is 7.68. The summed E-state index contributed by atoms with van der Waals surface area (Å²) in [5.41, 5.74) is 1.12. The summed E-state index contributed by atoms with van der Waals surface area (Å²) in [4.78, 5) is 37.2. The number of hydrogen-bond donors (Lipinski definition) is 1. The maximum Gasteiger partial charge on any atom is 0.347 e. The van der Waals surface area contributed by atoms with Crippen molar-refractivity contribution in [3.05, 3.63) is 62.5 Å². The Morgan fingerprint density at radius 3 is 2.68 bits per heavy atom. The van der Waals surface area contributed by atoms with Gasteiger partial charge in [-0.15, -0.1) is 11.3 Å². The van der Waals surface area contributed by atoms with E-state index < -0.39 is 29.9 Å². The second-order valence-electron chi connectivity index (χ2n) is 8.82. The van der Waals surface area contributed by atoms with Gasteiger partial charge < -0.3 is 19.5 Å². The molecule has 9 nitrogen and oxygen atoms in total. The van der Waals surface area contributed by atoms with E-state index in [1.165, 1.54) is 36.5 Å². The molecular weight excluding hydrogens is 523 g/mol. The van der Waals surface area contributed by atoms with Crippen LogP contribution in [0.3, 0.4) is 0 Å². The van der Waals surface area contributed by atoms with Gasteiger partial charge in [0.15, 0.2) is 16.9 Å². The zero-order chi connectivity index (χ0) is 26.5. The van der Waals surface area contributed by atoms with Crippen LogP contribution < -0.4 is 5.32 Å². The van der Waals surface area contributed by atoms with Crippen LogP contribution in [0.15, 0.2) is 46.0 Å². The number of benzene rings is 1. The molecule has 2 aliphatic heterocycles. The number of aliphatic imine (C=N–C) groups is 1. The molecule has 0 unspecified atom stereocenters. The fourth-order valence-electron chi connectivity index (χ4n) is 3.94. The van der Waals surface area contributed by atoms with Gasteiger partial charge in [-0.2, -0.15) is 0 Å². The van der Waals surface area contributed by atoms with Gasteiger partial charge in [-0.25, -0.2) is 19.0 Å². The van der Waals surface area contributed by atoms with Crippen molar-refractivity contribution in [2.24, 2.45) is 4.99 Å². The third kappa shape index (κ3) is 6.72. The fourth-order valence-corrected chi connectivity index (χ4v) is 4.80. The first-order valence-electron chi connectivity index (χ1n) is 11.9. The lowest BCUT2D eigenvalue weighted by atomic mass is 9.95. The normalized spacial score (nSPS) is 19.3. The van der Waals surface area contributed by atoms with Gasteiger partial charge in [-0.3, -0.25) is 9.89 Å². The van der Waals surface area contributed by atoms with Crippen LogP contribution in [0.2, 0.25) is 5.02 Å². The van der Waals surface area contributed by atoms with E-state index in [0.717, 1.165) is 0 Å². The SMILES string of the molecule is CC(C)OC(=O)[C@@H](C)OC(=O)C1=C(CN2CCOCC2)NC(c2nccs2)=N[C@@H]1c1ccc(F)cc1Cl. The zero-order valence-corrected chi connectivity index (χ0v) is 22.3. The van der Waals surface area contributed by atoms with Gasteiger partial charge in [0.05, 0.1) is 24.9 Å². The van der Waals surface area contributed by atoms with Crippen molar-refractivity contribution in [2.75, 3.05) is 32.8 Å². The van der Waals surface area contributed by atoms with Crippen LogP contribution >= 0.6 is 22.9 Å². The molecule has 2 atom stereocenters. The van der Waals surface area contributed by atoms with Crippen molar-refractivity contribution in [3.8, 4) is 0 Å². The predicted molar refractivity (Wildman–Crippen MR) is 137 cm³/mol. The Morgan fingerprint density at radius 2 is 2.03 bits per heavy atom. The average Bonchev–Trinajstić information content (AvgIpc) is 3.39. The molecule has 2 aliphatic rings. The minimum atomic E-state index is -1.15. The van der Waals surface area contributed by atoms with Crippen LogP contribution in [0.25, 0.3) is 0 Å². The number of thiazole rings is 1. The summed E-state index contributed by atoms with van der Waals surface area (Å²) in [6.07, 6.45) is 0.138. The van der Waals surface area contributed by atoms with Crippen molar-refractivity contribution < 1.29 is 28.2 Å². The van der Waals surface area contributed by atoms with E-state index >= 15 is 0 Å². The molecule has 37 heavy (non-hydrogen) atoms. The molecule has 3 heterocycles. The molecule has 1 fully saturated rings. The second kappa shape index (κ2) is 12.1. The van der Waals surface area contributed by atoms with Gasteiger partial charge in [0.1, 0.15) is 11.9 Å². The van der Waals surface area contributed by atoms with E-state index in [0.29, 0.717) is 55.0 Å². The summed E-state index contributed by atoms with van der Waals surface area (Å²) >= 11 is 7.82. The summed E-state index contributed by atoms with van der Waals surface area (Å²) in [5, 5.41) is 5.80. The largest absolute Gasteiger partial charge is 0.460 e. The number of carbonyl (C=O) groups excluding carboxylic acids is 2. The van der Waals surface area contributed by atoms with E-state index in [-0.39, 0.29) is 16.7 Å². The minimum absolute atomic E-state index is 0.109. The molecule has 2 aromatic rings. The molecule has 0 amide bonds. The lowest BCUT2D eigenvalue weighted by Gasteiger charge is -2.32. The molecule has 0 aliphatic carbocycles. The molecule has 198 valence electrons. The summed E-state index contributed by atoms with van der Waals surface area (Å²) in [6, 6.07) is 3.00. The first-order chi connectivity index (χ1) is 17.7. The number of halogens is 2. The van der Waals surface area contributed by atoms with Crippen LogP contribution in [0.5, 0.6) is 0 Å². The summed E-state index contributed by atoms with van der Waals surface area (Å²) in [7, 11) is 0. The fraction of sp³-hybridized carbons (Fsp3) is 0.440. The first kappa shape index (κ1) is 27.2. The number of nitrogens with zero attached hydrogens (tertiary/aromatic N) is 3. The van der Waals surface area contributed by atoms with Crippen LogP contribution in [0.1, 0.15) is 37.4 Å². The van der Waals surface area contributed by atoms with Crippen molar-refractivity contribution in [3.63, 3.8) is 0 Å². The third-order valence-electron chi connectivity index (χ3n) is 5.69. The Bertz CT molecular complexity index is 1200. The highest BCUT2D eigenvalue weighted by molar-refractivity contribution is 7.11. The quantitative estimate of drug-likeness (QED) is 0.498. The molecular formula is C25H28ClFN4O5S. The number of ether oxygens (including phenoxy) is 3. The smallest absolute Gasteiger partial charge is 0.347 e. The maximum absolute atomic E-state index is 13.9. The third-order valence-corrected chi connectivity index (χ3v) is 6.80. The molecule has 12 heteroatoms. The van der Waals surface area contributed by atoms with E-state index in [1.807, 2.05) is 5.38 Å². The number of hydrogen-bond acceptors (Lipinski definition) is 10. The minimum Gasteiger partial charge on any atom is -0.460 e. The van der Waals surface area contributed by atoms with Gasteiger partial charge >= 0.3 is 11.9 Å². The Labute approximate surface area is 223 Å². The van der Waals surface area contributed by atoms with E-state index in [4.69, 9.17) is 30.8 Å². The Balaban J connectivity index is 1.77. The molecule has 0 radical (unpaired) electrons. The molecule has 1 aromatic heterocycles. The van der Waals surface area contributed by atoms with Gasteiger partial charge in [-0.05, 0) is 32.9 Å². The topological polar surface area (TPSA) is 102 Å². The van der Waals surface area contributed by atoms with Crippen molar-refractivity contribution in [1.29, 1.82) is 0 Å². The standard InChI is InChI=1S/C25H28ClFN4O5S/c1-14(2)35-24(32)15(3)36-25(33)20-19(13-31-7-9-34-10-8-31)29-22(23-28-6-11-37-23)30-21(20)17-5-4-16(27)12-18(17)26/h4-6,11-12,14-15,21H,7-10,13H2,1-3H3,(H,29,30)/t15-,21-/m1/s1. The second-order valence-corrected chi connectivity index (χ2v) is 10.1. The van der Waals surface area contributed by atoms with E-state index in [1.54, 1.807) is 20.0 Å². The monoisotopic (exact) mass is 550 g/mol. The van der Waals surface area contributed by atoms with Crippen LogP contribution in [-0.4, -0.2) is 72.7 Å². The highest BCUT2D eigenvalue weighted by Gasteiger charge is 2.36. The van der Waals surface area contributed by atoms with E-state index in [9.17, 15) is 14.0 Å². The molecule has 0 spiro atoms. The number of rotatable bonds is 8. The predicted octanol–water partition coefficient (Wildman–Crippen LogP) is 3.50. The molecule has 0 saturated carbocycles. The van der Waals surface area contributed by atoms with Gasteiger partial charge in [0.2, 0.25) is 0 Å². The lowest BCUT2D eigenvalue weighted by molar-refractivity contribution is -0.167. The summed E-state index contributed by atoms with van der Waals surface area (Å²) < 4.78 is 30.1. The Kier molecular flexibility index (Phi) is 8.91. The Morgan fingerprint density at radius 1 is 1.27 bits per heavy atom. The average molecular weight is 551 g/mol. The van der Waals surface area contributed by atoms with Crippen LogP contribution in [-0.2, 0) is 23.8 Å². The first-order valence-corrected chi connectivity index (χ1v) is 13.1. The van der Waals surface area contributed by atoms with Gasteiger partial charge in [-0.1, -0.05) is 17.7 Å². The maximum atomic E-state index is 13.9. The molecule has 4 rings (SSSR count). The lowest BCUT2D eigenvalue weighted by Crippen LogP contribution is -2.43. The Hall–Kier alpha value is -2.86. The van der Waals surface area contributed by atoms with Crippen molar-refractivity contribution >= 4 is 40.7 Å². The van der Waals surface area contributed by atoms with Gasteiger partial charge in [0.25, 0.3) is 0 Å². The number of carbonyl (C=O) groups is 2. The zero-order valence-electron chi connectivity index (χ0n) is 20.7. The van der Waals surface area contributed by atoms with Crippen LogP contribution in [0, 0.1) is 5.82 Å². The van der Waals surface area contributed by atoms with Gasteiger partial charge in [0, 0.05) is 47.5 Å². The number of morpholine rings is 1. The summed E-state index contributed by atoms with van der Waals surface area (Å²) in [5.74, 6) is -1.48. The van der Waals surface area contributed by atoms with Crippen LogP contribution in [0.4, 0.5) is 4.39 Å².